The first-order valence-corrected chi connectivity index (χ1v) is 8.94. The molecule has 0 aliphatic carbocycles. The van der Waals surface area contributed by atoms with Crippen LogP contribution in [0, 0.1) is 12.8 Å². The van der Waals surface area contributed by atoms with Crippen molar-refractivity contribution in [3.63, 3.8) is 0 Å². The second kappa shape index (κ2) is 6.98. The summed E-state index contributed by atoms with van der Waals surface area (Å²) in [5.41, 5.74) is 3.39. The zero-order chi connectivity index (χ0) is 17.2. The van der Waals surface area contributed by atoms with E-state index in [0.29, 0.717) is 5.92 Å². The number of nitrogens with one attached hydrogen (secondary N) is 1. The van der Waals surface area contributed by atoms with Gasteiger partial charge in [-0.3, -0.25) is 0 Å². The molecule has 0 radical (unpaired) electrons. The molecule has 25 heavy (non-hydrogen) atoms. The summed E-state index contributed by atoms with van der Waals surface area (Å²) in [5.74, 6) is 1.63. The van der Waals surface area contributed by atoms with Crippen LogP contribution in [0.25, 0.3) is 5.65 Å². The number of ether oxygens (including phenoxy) is 1. The summed E-state index contributed by atoms with van der Waals surface area (Å²) in [7, 11) is 2.06. The maximum Gasteiger partial charge on any atom is 0.139 e. The Kier molecular flexibility index (Phi) is 4.55. The number of hydrogen-bond donors (Lipinski definition) is 1. The molecule has 1 saturated heterocycles. The lowest BCUT2D eigenvalue weighted by Gasteiger charge is -2.30. The summed E-state index contributed by atoms with van der Waals surface area (Å²) in [4.78, 5) is 9.18. The van der Waals surface area contributed by atoms with Crippen molar-refractivity contribution in [2.24, 2.45) is 13.0 Å². The Hall–Kier alpha value is -2.18. The summed E-state index contributed by atoms with van der Waals surface area (Å²) in [6.45, 7) is 4.53. The van der Waals surface area contributed by atoms with Crippen molar-refractivity contribution in [2.45, 2.75) is 32.4 Å². The summed E-state index contributed by atoms with van der Waals surface area (Å²) < 4.78 is 9.83. The van der Waals surface area contributed by atoms with E-state index in [-0.39, 0.29) is 6.04 Å². The Labute approximate surface area is 147 Å². The molecule has 0 bridgehead atoms. The summed E-state index contributed by atoms with van der Waals surface area (Å²) in [6, 6.07) is 4.39. The number of hydrogen-bond acceptors (Lipinski definition) is 4. The highest BCUT2D eigenvalue weighted by Gasteiger charge is 2.28. The summed E-state index contributed by atoms with van der Waals surface area (Å²) in [5, 5.41) is 3.75. The van der Waals surface area contributed by atoms with Crippen LogP contribution in [0.1, 0.15) is 36.0 Å². The van der Waals surface area contributed by atoms with Crippen LogP contribution in [0.4, 0.5) is 0 Å². The van der Waals surface area contributed by atoms with E-state index < -0.39 is 0 Å². The number of nitrogens with zero attached hydrogens (tertiary/aromatic N) is 4. The van der Waals surface area contributed by atoms with Crippen LogP contribution in [-0.2, 0) is 18.3 Å². The molecule has 1 fully saturated rings. The normalized spacial score (nSPS) is 17.2. The lowest BCUT2D eigenvalue weighted by molar-refractivity contribution is 0.0517. The number of fused-ring (bicyclic) bond motifs is 1. The molecule has 3 aromatic heterocycles. The minimum Gasteiger partial charge on any atom is -0.381 e. The molecule has 1 N–H and O–H groups in total. The van der Waals surface area contributed by atoms with E-state index in [9.17, 15) is 0 Å². The minimum absolute atomic E-state index is 0.222. The van der Waals surface area contributed by atoms with Gasteiger partial charge < -0.3 is 19.0 Å². The lowest BCUT2D eigenvalue weighted by atomic mass is 9.91. The van der Waals surface area contributed by atoms with E-state index in [1.807, 2.05) is 18.6 Å². The molecule has 4 heterocycles. The number of imidazole rings is 2. The number of aromatic nitrogens is 4. The van der Waals surface area contributed by atoms with Gasteiger partial charge in [-0.05, 0) is 37.3 Å². The molecule has 3 aromatic rings. The van der Waals surface area contributed by atoms with Gasteiger partial charge >= 0.3 is 0 Å². The lowest BCUT2D eigenvalue weighted by Crippen LogP contribution is -2.33. The maximum atomic E-state index is 5.55. The van der Waals surface area contributed by atoms with E-state index in [0.717, 1.165) is 44.1 Å². The molecular weight excluding hydrogens is 314 g/mol. The molecule has 6 heteroatoms. The fraction of sp³-hybridized carbons (Fsp3) is 0.474. The average molecular weight is 339 g/mol. The largest absolute Gasteiger partial charge is 0.381 e. The van der Waals surface area contributed by atoms with E-state index in [1.54, 1.807) is 0 Å². The van der Waals surface area contributed by atoms with Gasteiger partial charge in [0.05, 0.1) is 17.9 Å². The third-order valence-corrected chi connectivity index (χ3v) is 5.18. The summed E-state index contributed by atoms with van der Waals surface area (Å²) in [6.07, 6.45) is 10.1. The zero-order valence-electron chi connectivity index (χ0n) is 14.9. The van der Waals surface area contributed by atoms with Gasteiger partial charge in [-0.2, -0.15) is 0 Å². The van der Waals surface area contributed by atoms with E-state index >= 15 is 0 Å². The third kappa shape index (κ3) is 3.19. The Morgan fingerprint density at radius 2 is 2.12 bits per heavy atom. The summed E-state index contributed by atoms with van der Waals surface area (Å²) >= 11 is 0. The van der Waals surface area contributed by atoms with Crippen molar-refractivity contribution in [3.8, 4) is 0 Å². The standard InChI is InChI=1S/C19H25N5O/c1-14-4-3-8-24-16(13-22-18(14)24)12-21-17(15-5-10-25-11-6-15)19-20-7-9-23(19)2/h3-4,7-9,13,15,17,21H,5-6,10-12H2,1-2H3/t17-/m0/s1. The van der Waals surface area contributed by atoms with E-state index in [4.69, 9.17) is 4.74 Å². The third-order valence-electron chi connectivity index (χ3n) is 5.18. The molecule has 4 rings (SSSR count). The highest BCUT2D eigenvalue weighted by Crippen LogP contribution is 2.29. The van der Waals surface area contributed by atoms with Gasteiger partial charge in [-0.1, -0.05) is 6.07 Å². The molecule has 0 amide bonds. The minimum atomic E-state index is 0.222. The maximum absolute atomic E-state index is 5.55. The average Bonchev–Trinajstić information content (AvgIpc) is 3.24. The Morgan fingerprint density at radius 3 is 2.88 bits per heavy atom. The molecule has 1 aliphatic rings. The van der Waals surface area contributed by atoms with Gasteiger partial charge in [0.15, 0.2) is 0 Å². The molecular formula is C19H25N5O. The van der Waals surface area contributed by atoms with Crippen LogP contribution >= 0.6 is 0 Å². The van der Waals surface area contributed by atoms with Crippen molar-refractivity contribution < 1.29 is 4.74 Å². The zero-order valence-corrected chi connectivity index (χ0v) is 14.9. The number of pyridine rings is 1. The first kappa shape index (κ1) is 16.3. The molecule has 0 saturated carbocycles. The predicted octanol–water partition coefficient (Wildman–Crippen LogP) is 2.63. The predicted molar refractivity (Wildman–Crippen MR) is 96.3 cm³/mol. The van der Waals surface area contributed by atoms with E-state index in [1.165, 1.54) is 11.3 Å². The van der Waals surface area contributed by atoms with Gasteiger partial charge in [0.1, 0.15) is 11.5 Å². The number of rotatable bonds is 5. The second-order valence-corrected chi connectivity index (χ2v) is 6.84. The fourth-order valence-electron chi connectivity index (χ4n) is 3.74. The van der Waals surface area contributed by atoms with Gasteiger partial charge in [0, 0.05) is 45.4 Å². The molecule has 1 atom stereocenters. The molecule has 0 unspecified atom stereocenters. The number of aryl methyl sites for hydroxylation is 2. The smallest absolute Gasteiger partial charge is 0.139 e. The highest BCUT2D eigenvalue weighted by molar-refractivity contribution is 5.48. The van der Waals surface area contributed by atoms with Crippen LogP contribution in [0.5, 0.6) is 0 Å². The SMILES string of the molecule is Cc1cccn2c(CN[C@H](c3nccn3C)C3CCOCC3)cnc12. The topological polar surface area (TPSA) is 56.4 Å². The van der Waals surface area contributed by atoms with Gasteiger partial charge in [0.2, 0.25) is 0 Å². The van der Waals surface area contributed by atoms with Crippen LogP contribution < -0.4 is 5.32 Å². The Morgan fingerprint density at radius 1 is 1.28 bits per heavy atom. The highest BCUT2D eigenvalue weighted by atomic mass is 16.5. The first-order chi connectivity index (χ1) is 12.2. The molecule has 0 aromatic carbocycles. The van der Waals surface area contributed by atoms with Gasteiger partial charge in [0.25, 0.3) is 0 Å². The second-order valence-electron chi connectivity index (χ2n) is 6.84. The van der Waals surface area contributed by atoms with Gasteiger partial charge in [-0.15, -0.1) is 0 Å². The van der Waals surface area contributed by atoms with Crippen LogP contribution in [0.15, 0.2) is 36.9 Å². The van der Waals surface area contributed by atoms with Gasteiger partial charge in [-0.25, -0.2) is 9.97 Å². The van der Waals surface area contributed by atoms with E-state index in [2.05, 4.69) is 56.6 Å². The Bertz CT molecular complexity index is 846. The van der Waals surface area contributed by atoms with Crippen molar-refractivity contribution in [1.29, 1.82) is 0 Å². The van der Waals surface area contributed by atoms with Crippen molar-refractivity contribution in [1.82, 2.24) is 24.3 Å². The molecule has 132 valence electrons. The first-order valence-electron chi connectivity index (χ1n) is 8.94. The molecule has 6 nitrogen and oxygen atoms in total. The van der Waals surface area contributed by atoms with Crippen LogP contribution in [-0.4, -0.2) is 32.1 Å². The molecule has 1 aliphatic heterocycles. The fourth-order valence-corrected chi connectivity index (χ4v) is 3.74. The van der Waals surface area contributed by atoms with Crippen molar-refractivity contribution in [3.05, 3.63) is 54.0 Å². The quantitative estimate of drug-likeness (QED) is 0.776. The van der Waals surface area contributed by atoms with Crippen molar-refractivity contribution in [2.75, 3.05) is 13.2 Å². The monoisotopic (exact) mass is 339 g/mol. The van der Waals surface area contributed by atoms with Crippen LogP contribution in [0.3, 0.4) is 0 Å². The molecule has 0 spiro atoms. The van der Waals surface area contributed by atoms with Crippen molar-refractivity contribution >= 4 is 5.65 Å². The Balaban J connectivity index is 1.58. The van der Waals surface area contributed by atoms with Crippen LogP contribution in [0.2, 0.25) is 0 Å².